The maximum atomic E-state index is 13.2. The Morgan fingerprint density at radius 2 is 1.89 bits per heavy atom. The Morgan fingerprint density at radius 3 is 2.57 bits per heavy atom. The van der Waals surface area contributed by atoms with E-state index in [9.17, 15) is 9.59 Å². The lowest BCUT2D eigenvalue weighted by Gasteiger charge is -2.32. The normalized spacial score (nSPS) is 15.9. The van der Waals surface area contributed by atoms with E-state index in [0.29, 0.717) is 31.5 Å². The van der Waals surface area contributed by atoms with Crippen molar-refractivity contribution in [1.82, 2.24) is 15.2 Å². The van der Waals surface area contributed by atoms with Gasteiger partial charge in [-0.3, -0.25) is 14.6 Å². The van der Waals surface area contributed by atoms with Crippen molar-refractivity contribution in [2.45, 2.75) is 46.1 Å². The first kappa shape index (κ1) is 20.1. The highest BCUT2D eigenvalue weighted by Gasteiger charge is 2.29. The first-order chi connectivity index (χ1) is 13.5. The molecule has 2 heterocycles. The van der Waals surface area contributed by atoms with E-state index in [0.717, 1.165) is 23.2 Å². The number of piperidine rings is 1. The van der Waals surface area contributed by atoms with E-state index in [-0.39, 0.29) is 23.8 Å². The number of hydrogen-bond donors (Lipinski definition) is 1. The molecular formula is C23H29N3O2. The molecule has 1 N–H and O–H groups in total. The molecule has 1 saturated heterocycles. The van der Waals surface area contributed by atoms with E-state index in [2.05, 4.69) is 17.2 Å². The van der Waals surface area contributed by atoms with E-state index >= 15 is 0 Å². The summed E-state index contributed by atoms with van der Waals surface area (Å²) in [5.41, 5.74) is 3.42. The third kappa shape index (κ3) is 4.41. The molecule has 1 fully saturated rings. The Hall–Kier alpha value is -2.69. The predicted molar refractivity (Wildman–Crippen MR) is 111 cm³/mol. The van der Waals surface area contributed by atoms with E-state index in [4.69, 9.17) is 0 Å². The molecule has 1 aromatic heterocycles. The first-order valence-electron chi connectivity index (χ1n) is 10.1. The zero-order valence-corrected chi connectivity index (χ0v) is 16.9. The minimum atomic E-state index is -0.0113. The number of pyridine rings is 1. The molecule has 3 rings (SSSR count). The number of benzene rings is 1. The fraction of sp³-hybridized carbons (Fsp3) is 0.435. The summed E-state index contributed by atoms with van der Waals surface area (Å²) in [7, 11) is 0. The highest BCUT2D eigenvalue weighted by molar-refractivity contribution is 6.00. The van der Waals surface area contributed by atoms with Crippen LogP contribution in [0.4, 0.5) is 0 Å². The van der Waals surface area contributed by atoms with E-state index in [1.165, 1.54) is 0 Å². The van der Waals surface area contributed by atoms with Gasteiger partial charge in [0.1, 0.15) is 0 Å². The summed E-state index contributed by atoms with van der Waals surface area (Å²) in [5, 5.41) is 3.06. The topological polar surface area (TPSA) is 62.3 Å². The zero-order chi connectivity index (χ0) is 20.1. The van der Waals surface area contributed by atoms with E-state index in [1.807, 2.05) is 49.1 Å². The van der Waals surface area contributed by atoms with Gasteiger partial charge in [0.15, 0.2) is 0 Å². The van der Waals surface area contributed by atoms with Crippen molar-refractivity contribution in [2.75, 3.05) is 13.1 Å². The van der Waals surface area contributed by atoms with Crippen LogP contribution in [0.5, 0.6) is 0 Å². The molecule has 0 bridgehead atoms. The molecule has 0 spiro atoms. The first-order valence-corrected chi connectivity index (χ1v) is 10.1. The molecule has 2 aromatic rings. The number of nitrogens with zero attached hydrogens (tertiary/aromatic N) is 2. The van der Waals surface area contributed by atoms with Gasteiger partial charge in [0.05, 0.1) is 11.3 Å². The van der Waals surface area contributed by atoms with Crippen molar-refractivity contribution in [3.05, 3.63) is 53.7 Å². The Bertz CT molecular complexity index is 841. The summed E-state index contributed by atoms with van der Waals surface area (Å²) in [6.07, 6.45) is 4.05. The second kappa shape index (κ2) is 9.00. The molecule has 0 aliphatic carbocycles. The molecular weight excluding hydrogens is 350 g/mol. The summed E-state index contributed by atoms with van der Waals surface area (Å²) in [6, 6.07) is 11.8. The van der Waals surface area contributed by atoms with Crippen LogP contribution in [0.3, 0.4) is 0 Å². The monoisotopic (exact) mass is 379 g/mol. The summed E-state index contributed by atoms with van der Waals surface area (Å²) in [5.74, 6) is 0.0957. The van der Waals surface area contributed by atoms with Gasteiger partial charge in [0.2, 0.25) is 5.91 Å². The Kier molecular flexibility index (Phi) is 6.45. The molecule has 5 nitrogen and oxygen atoms in total. The Morgan fingerprint density at radius 1 is 1.18 bits per heavy atom. The number of hydrogen-bond acceptors (Lipinski definition) is 3. The van der Waals surface area contributed by atoms with Crippen LogP contribution in [0.1, 0.15) is 49.0 Å². The van der Waals surface area contributed by atoms with Gasteiger partial charge < -0.3 is 10.2 Å². The van der Waals surface area contributed by atoms with E-state index < -0.39 is 0 Å². The van der Waals surface area contributed by atoms with Gasteiger partial charge in [0.25, 0.3) is 5.91 Å². The molecule has 5 heteroatoms. The van der Waals surface area contributed by atoms with Crippen molar-refractivity contribution in [2.24, 2.45) is 5.92 Å². The summed E-state index contributed by atoms with van der Waals surface area (Å²) < 4.78 is 0. The van der Waals surface area contributed by atoms with Gasteiger partial charge >= 0.3 is 0 Å². The lowest BCUT2D eigenvalue weighted by atomic mass is 9.94. The lowest BCUT2D eigenvalue weighted by molar-refractivity contribution is -0.126. The molecule has 0 radical (unpaired) electrons. The Balaban J connectivity index is 1.72. The number of amides is 2. The second-order valence-electron chi connectivity index (χ2n) is 7.60. The molecule has 1 aromatic carbocycles. The van der Waals surface area contributed by atoms with Gasteiger partial charge in [-0.1, -0.05) is 31.2 Å². The van der Waals surface area contributed by atoms with Crippen molar-refractivity contribution in [3.8, 4) is 11.3 Å². The van der Waals surface area contributed by atoms with Crippen molar-refractivity contribution in [3.63, 3.8) is 0 Å². The predicted octanol–water partition coefficient (Wildman–Crippen LogP) is 3.82. The van der Waals surface area contributed by atoms with Crippen molar-refractivity contribution >= 4 is 11.8 Å². The molecule has 0 saturated carbocycles. The fourth-order valence-electron chi connectivity index (χ4n) is 3.61. The largest absolute Gasteiger partial charge is 0.353 e. The average Bonchev–Trinajstić information content (AvgIpc) is 2.73. The molecule has 2 amide bonds. The third-order valence-corrected chi connectivity index (χ3v) is 5.59. The number of likely N-dealkylation sites (tertiary alicyclic amines) is 1. The number of nitrogens with one attached hydrogen (secondary N) is 1. The minimum absolute atomic E-state index is 0.00728. The highest BCUT2D eigenvalue weighted by Crippen LogP contribution is 2.27. The number of carbonyl (C=O) groups excluding carboxylic acids is 2. The highest BCUT2D eigenvalue weighted by atomic mass is 16.2. The van der Waals surface area contributed by atoms with Crippen molar-refractivity contribution in [1.29, 1.82) is 0 Å². The summed E-state index contributed by atoms with van der Waals surface area (Å²) >= 11 is 0. The molecule has 148 valence electrons. The van der Waals surface area contributed by atoms with Gasteiger partial charge in [0, 0.05) is 36.8 Å². The van der Waals surface area contributed by atoms with Gasteiger partial charge in [-0.2, -0.15) is 0 Å². The smallest absolute Gasteiger partial charge is 0.256 e. The van der Waals surface area contributed by atoms with E-state index in [1.54, 1.807) is 12.3 Å². The van der Waals surface area contributed by atoms with Crippen LogP contribution in [-0.2, 0) is 4.79 Å². The summed E-state index contributed by atoms with van der Waals surface area (Å²) in [6.45, 7) is 7.30. The van der Waals surface area contributed by atoms with Gasteiger partial charge in [-0.05, 0) is 50.8 Å². The van der Waals surface area contributed by atoms with Crippen LogP contribution in [0.15, 0.2) is 42.6 Å². The third-order valence-electron chi connectivity index (χ3n) is 5.59. The molecule has 28 heavy (non-hydrogen) atoms. The van der Waals surface area contributed by atoms with Crippen molar-refractivity contribution < 1.29 is 9.59 Å². The number of aryl methyl sites for hydroxylation is 1. The van der Waals surface area contributed by atoms with Crippen LogP contribution in [0.2, 0.25) is 0 Å². The maximum absolute atomic E-state index is 13.2. The molecule has 1 aliphatic rings. The van der Waals surface area contributed by atoms with Gasteiger partial charge in [-0.25, -0.2) is 0 Å². The molecule has 1 unspecified atom stereocenters. The fourth-order valence-corrected chi connectivity index (χ4v) is 3.61. The number of aromatic nitrogens is 1. The SMILES string of the molecule is CCC(C)NC(=O)C1CCN(C(=O)c2cccnc2-c2ccccc2C)CC1. The van der Waals surface area contributed by atoms with Gasteiger partial charge in [-0.15, -0.1) is 0 Å². The minimum Gasteiger partial charge on any atom is -0.353 e. The summed E-state index contributed by atoms with van der Waals surface area (Å²) in [4.78, 5) is 31.9. The van der Waals surface area contributed by atoms with Crippen LogP contribution in [0, 0.1) is 12.8 Å². The second-order valence-corrected chi connectivity index (χ2v) is 7.60. The quantitative estimate of drug-likeness (QED) is 0.859. The van der Waals surface area contributed by atoms with Crippen LogP contribution >= 0.6 is 0 Å². The van der Waals surface area contributed by atoms with Crippen LogP contribution in [0.25, 0.3) is 11.3 Å². The number of carbonyl (C=O) groups is 2. The average molecular weight is 380 g/mol. The van der Waals surface area contributed by atoms with Crippen LogP contribution in [-0.4, -0.2) is 40.8 Å². The Labute approximate surface area is 167 Å². The van der Waals surface area contributed by atoms with Crippen LogP contribution < -0.4 is 5.32 Å². The molecule has 1 atom stereocenters. The standard InChI is InChI=1S/C23H29N3O2/c1-4-17(3)25-22(27)18-11-14-26(15-12-18)23(28)20-10-7-13-24-21(20)19-9-6-5-8-16(19)2/h5-10,13,17-18H,4,11-12,14-15H2,1-3H3,(H,25,27). The molecule has 1 aliphatic heterocycles. The maximum Gasteiger partial charge on any atom is 0.256 e. The lowest BCUT2D eigenvalue weighted by Crippen LogP contribution is -2.44. The zero-order valence-electron chi connectivity index (χ0n) is 16.9. The number of rotatable bonds is 5.